The normalized spacial score (nSPS) is 21.2. The molecule has 2 saturated heterocycles. The summed E-state index contributed by atoms with van der Waals surface area (Å²) in [6, 6.07) is 5.69. The number of piperidine rings is 1. The van der Waals surface area contributed by atoms with E-state index < -0.39 is 10.0 Å². The molecule has 1 unspecified atom stereocenters. The summed E-state index contributed by atoms with van der Waals surface area (Å²) in [5, 5.41) is 5.46. The van der Waals surface area contributed by atoms with Crippen molar-refractivity contribution in [2.75, 3.05) is 49.9 Å². The molecule has 2 amide bonds. The molecule has 0 aliphatic carbocycles. The van der Waals surface area contributed by atoms with E-state index in [-0.39, 0.29) is 23.5 Å². The fourth-order valence-electron chi connectivity index (χ4n) is 3.43. The zero-order chi connectivity index (χ0) is 20.0. The zero-order valence-corrected chi connectivity index (χ0v) is 16.7. The van der Waals surface area contributed by atoms with Crippen molar-refractivity contribution in [2.45, 2.75) is 19.3 Å². The summed E-state index contributed by atoms with van der Waals surface area (Å²) in [4.78, 5) is 29.6. The first kappa shape index (κ1) is 20.5. The topological polar surface area (TPSA) is 112 Å². The fraction of sp³-hybridized carbons (Fsp3) is 0.611. The highest BCUT2D eigenvalue weighted by Crippen LogP contribution is 2.15. The molecular weight excluding hydrogens is 382 g/mol. The van der Waals surface area contributed by atoms with Gasteiger partial charge in [0.05, 0.1) is 11.7 Å². The molecule has 2 aliphatic heterocycles. The van der Waals surface area contributed by atoms with Gasteiger partial charge in [-0.1, -0.05) is 6.07 Å². The number of anilines is 1. The number of rotatable bonds is 7. The van der Waals surface area contributed by atoms with Crippen LogP contribution < -0.4 is 15.5 Å². The monoisotopic (exact) mass is 409 g/mol. The van der Waals surface area contributed by atoms with Crippen molar-refractivity contribution in [3.8, 4) is 0 Å². The Morgan fingerprint density at radius 3 is 2.68 bits per heavy atom. The van der Waals surface area contributed by atoms with E-state index in [0.717, 1.165) is 5.82 Å². The molecule has 10 heteroatoms. The highest BCUT2D eigenvalue weighted by Gasteiger charge is 2.27. The molecule has 0 spiro atoms. The van der Waals surface area contributed by atoms with Crippen molar-refractivity contribution in [1.82, 2.24) is 19.9 Å². The van der Waals surface area contributed by atoms with Crippen LogP contribution in [0.1, 0.15) is 19.3 Å². The first-order valence-corrected chi connectivity index (χ1v) is 11.2. The Morgan fingerprint density at radius 2 is 2.04 bits per heavy atom. The van der Waals surface area contributed by atoms with Gasteiger partial charge in [0.25, 0.3) is 0 Å². The number of amides is 2. The number of hydrogen-bond acceptors (Lipinski definition) is 6. The number of carbonyl (C=O) groups excluding carboxylic acids is 2. The lowest BCUT2D eigenvalue weighted by Gasteiger charge is -2.34. The van der Waals surface area contributed by atoms with Crippen LogP contribution in [-0.4, -0.2) is 74.5 Å². The number of piperazine rings is 1. The number of sulfonamides is 1. The van der Waals surface area contributed by atoms with Crippen molar-refractivity contribution < 1.29 is 18.0 Å². The standard InChI is InChI=1S/C18H27N5O4S/c24-17-6-5-15(14-21-17)18(25)20-8-3-13-28(26,27)23-11-9-22(10-12-23)16-4-1-2-7-19-16/h1-2,4,7,15H,3,5-6,8-14H2,(H,20,25)(H,21,24). The van der Waals surface area contributed by atoms with Gasteiger partial charge in [-0.3, -0.25) is 9.59 Å². The van der Waals surface area contributed by atoms with Crippen LogP contribution in [0, 0.1) is 5.92 Å². The minimum atomic E-state index is -3.34. The Balaban J connectivity index is 1.37. The van der Waals surface area contributed by atoms with E-state index in [1.54, 1.807) is 6.20 Å². The van der Waals surface area contributed by atoms with Gasteiger partial charge < -0.3 is 15.5 Å². The Bertz CT molecular complexity index is 768. The molecule has 9 nitrogen and oxygen atoms in total. The Labute approximate surface area is 165 Å². The second-order valence-corrected chi connectivity index (χ2v) is 9.16. The molecule has 3 heterocycles. The first-order chi connectivity index (χ1) is 13.5. The summed E-state index contributed by atoms with van der Waals surface area (Å²) in [6.07, 6.45) is 3.00. The smallest absolute Gasteiger partial charge is 0.224 e. The number of carbonyl (C=O) groups is 2. The first-order valence-electron chi connectivity index (χ1n) is 9.64. The van der Waals surface area contributed by atoms with Crippen LogP contribution in [0.5, 0.6) is 0 Å². The molecule has 2 aliphatic rings. The van der Waals surface area contributed by atoms with Crippen molar-refractivity contribution in [1.29, 1.82) is 0 Å². The van der Waals surface area contributed by atoms with Crippen LogP contribution in [0.2, 0.25) is 0 Å². The molecule has 2 fully saturated rings. The van der Waals surface area contributed by atoms with Crippen molar-refractivity contribution >= 4 is 27.7 Å². The predicted molar refractivity (Wildman–Crippen MR) is 105 cm³/mol. The van der Waals surface area contributed by atoms with E-state index in [2.05, 4.69) is 20.5 Å². The van der Waals surface area contributed by atoms with Crippen molar-refractivity contribution in [2.24, 2.45) is 5.92 Å². The second kappa shape index (κ2) is 9.33. The maximum Gasteiger partial charge on any atom is 0.224 e. The van der Waals surface area contributed by atoms with Gasteiger partial charge in [0.1, 0.15) is 5.82 Å². The minimum absolute atomic E-state index is 0.0122. The van der Waals surface area contributed by atoms with Gasteiger partial charge in [-0.2, -0.15) is 4.31 Å². The van der Waals surface area contributed by atoms with E-state index in [1.807, 2.05) is 18.2 Å². The van der Waals surface area contributed by atoms with Crippen LogP contribution >= 0.6 is 0 Å². The average Bonchev–Trinajstić information content (AvgIpc) is 2.72. The number of pyridine rings is 1. The molecule has 1 aromatic heterocycles. The van der Waals surface area contributed by atoms with Crippen molar-refractivity contribution in [3.05, 3.63) is 24.4 Å². The molecule has 2 N–H and O–H groups in total. The minimum Gasteiger partial charge on any atom is -0.356 e. The highest BCUT2D eigenvalue weighted by molar-refractivity contribution is 7.89. The number of nitrogens with zero attached hydrogens (tertiary/aromatic N) is 3. The van der Waals surface area contributed by atoms with Crippen LogP contribution in [0.3, 0.4) is 0 Å². The highest BCUT2D eigenvalue weighted by atomic mass is 32.2. The summed E-state index contributed by atoms with van der Waals surface area (Å²) in [5.41, 5.74) is 0. The summed E-state index contributed by atoms with van der Waals surface area (Å²) >= 11 is 0. The average molecular weight is 410 g/mol. The third kappa shape index (κ3) is 5.41. The Morgan fingerprint density at radius 1 is 1.25 bits per heavy atom. The third-order valence-corrected chi connectivity index (χ3v) is 7.08. The van der Waals surface area contributed by atoms with Crippen molar-refractivity contribution in [3.63, 3.8) is 0 Å². The molecule has 28 heavy (non-hydrogen) atoms. The lowest BCUT2D eigenvalue weighted by molar-refractivity contribution is -0.128. The maximum atomic E-state index is 12.5. The van der Waals surface area contributed by atoms with E-state index in [0.29, 0.717) is 58.5 Å². The van der Waals surface area contributed by atoms with E-state index in [1.165, 1.54) is 4.31 Å². The number of aromatic nitrogens is 1. The SMILES string of the molecule is O=C1CCC(C(=O)NCCCS(=O)(=O)N2CCN(c3ccccn3)CC2)CN1. The number of nitrogens with one attached hydrogen (secondary N) is 2. The molecule has 0 aromatic carbocycles. The second-order valence-electron chi connectivity index (χ2n) is 7.07. The Hall–Kier alpha value is -2.20. The van der Waals surface area contributed by atoms with Crippen LogP contribution in [0.15, 0.2) is 24.4 Å². The molecule has 1 atom stereocenters. The largest absolute Gasteiger partial charge is 0.356 e. The van der Waals surface area contributed by atoms with Gasteiger partial charge in [-0.05, 0) is 25.0 Å². The zero-order valence-electron chi connectivity index (χ0n) is 15.8. The third-order valence-electron chi connectivity index (χ3n) is 5.12. The van der Waals surface area contributed by atoms with E-state index in [4.69, 9.17) is 0 Å². The molecule has 1 aromatic rings. The van der Waals surface area contributed by atoms with E-state index in [9.17, 15) is 18.0 Å². The van der Waals surface area contributed by atoms with E-state index >= 15 is 0 Å². The van der Waals surface area contributed by atoms with Gasteiger partial charge in [0, 0.05) is 51.9 Å². The van der Waals surface area contributed by atoms with Gasteiger partial charge in [0.15, 0.2) is 0 Å². The lowest BCUT2D eigenvalue weighted by Crippen LogP contribution is -2.49. The molecule has 3 rings (SSSR count). The Kier molecular flexibility index (Phi) is 6.84. The summed E-state index contributed by atoms with van der Waals surface area (Å²) in [7, 11) is -3.34. The van der Waals surface area contributed by atoms with Gasteiger partial charge in [0.2, 0.25) is 21.8 Å². The maximum absolute atomic E-state index is 12.5. The molecule has 0 radical (unpaired) electrons. The molecule has 0 bridgehead atoms. The van der Waals surface area contributed by atoms with Gasteiger partial charge >= 0.3 is 0 Å². The summed E-state index contributed by atoms with van der Waals surface area (Å²) in [6.45, 7) is 2.76. The lowest BCUT2D eigenvalue weighted by atomic mass is 9.98. The quantitative estimate of drug-likeness (QED) is 0.591. The van der Waals surface area contributed by atoms with Gasteiger partial charge in [-0.25, -0.2) is 13.4 Å². The van der Waals surface area contributed by atoms with Crippen LogP contribution in [0.4, 0.5) is 5.82 Å². The summed E-state index contributed by atoms with van der Waals surface area (Å²) in [5.74, 6) is 0.493. The summed E-state index contributed by atoms with van der Waals surface area (Å²) < 4.78 is 26.6. The van der Waals surface area contributed by atoms with Crippen LogP contribution in [0.25, 0.3) is 0 Å². The fourth-order valence-corrected chi connectivity index (χ4v) is 4.92. The molecule has 0 saturated carbocycles. The van der Waals surface area contributed by atoms with Crippen LogP contribution in [-0.2, 0) is 19.6 Å². The van der Waals surface area contributed by atoms with Gasteiger partial charge in [-0.15, -0.1) is 0 Å². The predicted octanol–water partition coefficient (Wildman–Crippen LogP) is -0.434. The molecular formula is C18H27N5O4S. The number of hydrogen-bond donors (Lipinski definition) is 2. The molecule has 154 valence electrons.